The minimum atomic E-state index is -4.54. The normalized spacial score (nSPS) is 14.9. The first kappa shape index (κ1) is 31.3. The Balaban J connectivity index is 1.57. The SMILES string of the molecule is CCOC(Cc1ccc(OCCN(CCCC2CCCCC2)C(=O)Oc2cccc(C(F)(F)F)c2)cc1)C(=O)O. The number of alkyl halides is 3. The van der Waals surface area contributed by atoms with E-state index in [0.29, 0.717) is 24.8 Å². The lowest BCUT2D eigenvalue weighted by molar-refractivity contribution is -0.150. The third-order valence-electron chi connectivity index (χ3n) is 7.01. The second-order valence-electron chi connectivity index (χ2n) is 10.0. The predicted octanol–water partition coefficient (Wildman–Crippen LogP) is 6.98. The van der Waals surface area contributed by atoms with Crippen LogP contribution in [0.4, 0.5) is 18.0 Å². The maximum Gasteiger partial charge on any atom is 0.416 e. The summed E-state index contributed by atoms with van der Waals surface area (Å²) in [5, 5.41) is 9.27. The average molecular weight is 566 g/mol. The van der Waals surface area contributed by atoms with Crippen molar-refractivity contribution in [1.82, 2.24) is 4.90 Å². The van der Waals surface area contributed by atoms with Crippen molar-refractivity contribution in [2.24, 2.45) is 5.92 Å². The van der Waals surface area contributed by atoms with Gasteiger partial charge in [0.2, 0.25) is 0 Å². The number of benzene rings is 2. The number of carboxylic acids is 1. The quantitative estimate of drug-likeness (QED) is 0.266. The zero-order valence-electron chi connectivity index (χ0n) is 22.8. The summed E-state index contributed by atoms with van der Waals surface area (Å²) in [6, 6.07) is 11.2. The Morgan fingerprint density at radius 2 is 1.75 bits per heavy atom. The highest BCUT2D eigenvalue weighted by Gasteiger charge is 2.31. The summed E-state index contributed by atoms with van der Waals surface area (Å²) in [5.74, 6) is -0.0168. The van der Waals surface area contributed by atoms with Crippen molar-refractivity contribution < 1.29 is 42.1 Å². The van der Waals surface area contributed by atoms with Crippen molar-refractivity contribution in [3.05, 3.63) is 59.7 Å². The maximum atomic E-state index is 13.1. The molecule has 3 rings (SSSR count). The van der Waals surface area contributed by atoms with Crippen LogP contribution in [0.2, 0.25) is 0 Å². The lowest BCUT2D eigenvalue weighted by atomic mass is 9.86. The number of carboxylic acid groups (broad SMARTS) is 1. The van der Waals surface area contributed by atoms with E-state index in [1.807, 2.05) is 0 Å². The third kappa shape index (κ3) is 10.4. The van der Waals surface area contributed by atoms with E-state index >= 15 is 0 Å². The average Bonchev–Trinajstić information content (AvgIpc) is 2.93. The molecule has 1 saturated carbocycles. The van der Waals surface area contributed by atoms with Gasteiger partial charge in [0.15, 0.2) is 6.10 Å². The molecule has 0 saturated heterocycles. The van der Waals surface area contributed by atoms with Crippen LogP contribution in [-0.2, 0) is 22.1 Å². The van der Waals surface area contributed by atoms with Crippen LogP contribution in [0, 0.1) is 5.92 Å². The fraction of sp³-hybridized carbons (Fsp3) is 0.533. The molecule has 0 aliphatic heterocycles. The van der Waals surface area contributed by atoms with E-state index in [2.05, 4.69) is 0 Å². The highest BCUT2D eigenvalue weighted by Crippen LogP contribution is 2.31. The summed E-state index contributed by atoms with van der Waals surface area (Å²) in [7, 11) is 0. The number of nitrogens with zero attached hydrogens (tertiary/aromatic N) is 1. The van der Waals surface area contributed by atoms with Crippen molar-refractivity contribution in [3.63, 3.8) is 0 Å². The lowest BCUT2D eigenvalue weighted by Gasteiger charge is -2.25. The molecule has 2 aromatic carbocycles. The summed E-state index contributed by atoms with van der Waals surface area (Å²) in [6.07, 6.45) is 1.86. The Hall–Kier alpha value is -3.27. The van der Waals surface area contributed by atoms with Gasteiger partial charge in [0.25, 0.3) is 0 Å². The first-order valence-electron chi connectivity index (χ1n) is 13.9. The molecule has 1 atom stereocenters. The molecular formula is C30H38F3NO6. The molecule has 2 aromatic rings. The minimum absolute atomic E-state index is 0.150. The molecule has 40 heavy (non-hydrogen) atoms. The van der Waals surface area contributed by atoms with Gasteiger partial charge in [0.05, 0.1) is 12.1 Å². The molecular weight excluding hydrogens is 527 g/mol. The highest BCUT2D eigenvalue weighted by molar-refractivity contribution is 5.72. The molecule has 1 amide bonds. The van der Waals surface area contributed by atoms with E-state index < -0.39 is 29.9 Å². The van der Waals surface area contributed by atoms with Crippen molar-refractivity contribution in [3.8, 4) is 11.5 Å². The number of rotatable bonds is 14. The molecule has 1 aliphatic rings. The second-order valence-corrected chi connectivity index (χ2v) is 10.0. The van der Waals surface area contributed by atoms with Crippen LogP contribution in [0.15, 0.2) is 48.5 Å². The number of aliphatic carboxylic acids is 1. The van der Waals surface area contributed by atoms with Crippen LogP contribution in [-0.4, -0.2) is 54.5 Å². The summed E-state index contributed by atoms with van der Waals surface area (Å²) in [6.45, 7) is 2.78. The number of amides is 1. The summed E-state index contributed by atoms with van der Waals surface area (Å²) >= 11 is 0. The van der Waals surface area contributed by atoms with E-state index in [0.717, 1.165) is 30.5 Å². The molecule has 0 heterocycles. The van der Waals surface area contributed by atoms with Crippen LogP contribution in [0.1, 0.15) is 63.0 Å². The van der Waals surface area contributed by atoms with Crippen LogP contribution in [0.25, 0.3) is 0 Å². The fourth-order valence-corrected chi connectivity index (χ4v) is 4.87. The molecule has 1 unspecified atom stereocenters. The Labute approximate surface area is 233 Å². The van der Waals surface area contributed by atoms with Gasteiger partial charge in [0, 0.05) is 19.6 Å². The molecule has 1 N–H and O–H groups in total. The summed E-state index contributed by atoms with van der Waals surface area (Å²) < 4.78 is 55.7. The lowest BCUT2D eigenvalue weighted by Crippen LogP contribution is -2.37. The first-order chi connectivity index (χ1) is 19.2. The molecule has 1 fully saturated rings. The molecule has 0 spiro atoms. The van der Waals surface area contributed by atoms with Gasteiger partial charge in [-0.25, -0.2) is 9.59 Å². The van der Waals surface area contributed by atoms with E-state index in [1.165, 1.54) is 49.1 Å². The van der Waals surface area contributed by atoms with Crippen LogP contribution < -0.4 is 9.47 Å². The van der Waals surface area contributed by atoms with Gasteiger partial charge in [0.1, 0.15) is 18.1 Å². The number of hydrogen-bond donors (Lipinski definition) is 1. The maximum absolute atomic E-state index is 13.1. The van der Waals surface area contributed by atoms with Crippen molar-refractivity contribution in [1.29, 1.82) is 0 Å². The molecule has 7 nitrogen and oxygen atoms in total. The van der Waals surface area contributed by atoms with Gasteiger partial charge < -0.3 is 24.2 Å². The molecule has 10 heteroatoms. The number of carbonyl (C=O) groups is 2. The smallest absolute Gasteiger partial charge is 0.416 e. The highest BCUT2D eigenvalue weighted by atomic mass is 19.4. The largest absolute Gasteiger partial charge is 0.492 e. The molecule has 0 radical (unpaired) electrons. The van der Waals surface area contributed by atoms with E-state index in [4.69, 9.17) is 14.2 Å². The van der Waals surface area contributed by atoms with Crippen LogP contribution in [0.3, 0.4) is 0 Å². The molecule has 0 bridgehead atoms. The van der Waals surface area contributed by atoms with Gasteiger partial charge in [-0.3, -0.25) is 0 Å². The van der Waals surface area contributed by atoms with Crippen molar-refractivity contribution in [2.45, 2.75) is 70.6 Å². The predicted molar refractivity (Wildman–Crippen MR) is 144 cm³/mol. The van der Waals surface area contributed by atoms with E-state index in [-0.39, 0.29) is 25.3 Å². The van der Waals surface area contributed by atoms with Gasteiger partial charge in [-0.2, -0.15) is 13.2 Å². The number of hydrogen-bond acceptors (Lipinski definition) is 5. The van der Waals surface area contributed by atoms with E-state index in [9.17, 15) is 27.9 Å². The zero-order valence-corrected chi connectivity index (χ0v) is 22.8. The fourth-order valence-electron chi connectivity index (χ4n) is 4.87. The van der Waals surface area contributed by atoms with Gasteiger partial charge in [-0.15, -0.1) is 0 Å². The van der Waals surface area contributed by atoms with E-state index in [1.54, 1.807) is 31.2 Å². The van der Waals surface area contributed by atoms with Gasteiger partial charge in [-0.1, -0.05) is 50.3 Å². The Morgan fingerprint density at radius 1 is 1.02 bits per heavy atom. The monoisotopic (exact) mass is 565 g/mol. The third-order valence-corrected chi connectivity index (χ3v) is 7.01. The van der Waals surface area contributed by atoms with Crippen molar-refractivity contribution in [2.75, 3.05) is 26.3 Å². The Kier molecular flexibility index (Phi) is 12.1. The Bertz CT molecular complexity index is 1070. The topological polar surface area (TPSA) is 85.3 Å². The summed E-state index contributed by atoms with van der Waals surface area (Å²) in [4.78, 5) is 25.7. The van der Waals surface area contributed by atoms with Crippen LogP contribution >= 0.6 is 0 Å². The summed E-state index contributed by atoms with van der Waals surface area (Å²) in [5.41, 5.74) is -0.105. The first-order valence-corrected chi connectivity index (χ1v) is 13.9. The molecule has 1 aliphatic carbocycles. The number of ether oxygens (including phenoxy) is 3. The zero-order chi connectivity index (χ0) is 29.0. The number of carbonyl (C=O) groups excluding carboxylic acids is 1. The van der Waals surface area contributed by atoms with Gasteiger partial charge in [-0.05, 0) is 61.6 Å². The molecule has 0 aromatic heterocycles. The Morgan fingerprint density at radius 3 is 2.40 bits per heavy atom. The molecule has 220 valence electrons. The van der Waals surface area contributed by atoms with Gasteiger partial charge >= 0.3 is 18.2 Å². The standard InChI is InChI=1S/C30H38F3NO6/c1-2-38-27(28(35)36)20-23-13-15-25(16-14-23)39-19-18-34(17-7-10-22-8-4-3-5-9-22)29(37)40-26-12-6-11-24(21-26)30(31,32)33/h6,11-16,21-22,27H,2-5,7-10,17-20H2,1H3,(H,35,36). The number of halogens is 3. The van der Waals surface area contributed by atoms with Crippen LogP contribution in [0.5, 0.6) is 11.5 Å². The minimum Gasteiger partial charge on any atom is -0.492 e. The second kappa shape index (κ2) is 15.5. The van der Waals surface area contributed by atoms with Crippen molar-refractivity contribution >= 4 is 12.1 Å².